The van der Waals surface area contributed by atoms with Crippen molar-refractivity contribution in [1.29, 1.82) is 0 Å². The molecule has 3 heterocycles. The van der Waals surface area contributed by atoms with Gasteiger partial charge in [-0.05, 0) is 41.3 Å². The predicted molar refractivity (Wildman–Crippen MR) is 112 cm³/mol. The third-order valence-electron chi connectivity index (χ3n) is 4.88. The fourth-order valence-corrected chi connectivity index (χ4v) is 3.78. The van der Waals surface area contributed by atoms with Gasteiger partial charge in [-0.2, -0.15) is 5.10 Å². The number of hydrogen-bond acceptors (Lipinski definition) is 2. The Labute approximate surface area is 167 Å². The molecule has 0 amide bonds. The molecule has 1 radical (unpaired) electrons. The van der Waals surface area contributed by atoms with E-state index >= 15 is 0 Å². The largest absolute Gasteiger partial charge is 0.345 e. The quantitative estimate of drug-likeness (QED) is 0.420. The Bertz CT molecular complexity index is 1250. The summed E-state index contributed by atoms with van der Waals surface area (Å²) in [5.74, 6) is 0. The van der Waals surface area contributed by atoms with Crippen molar-refractivity contribution in [3.63, 3.8) is 0 Å². The molecule has 2 aromatic carbocycles. The van der Waals surface area contributed by atoms with E-state index in [1.807, 2.05) is 48.8 Å². The maximum Gasteiger partial charge on any atom is 0.139 e. The van der Waals surface area contributed by atoms with E-state index < -0.39 is 0 Å². The minimum atomic E-state index is 0.699. The van der Waals surface area contributed by atoms with Crippen molar-refractivity contribution in [2.75, 3.05) is 0 Å². The lowest BCUT2D eigenvalue weighted by Gasteiger charge is -2.07. The van der Waals surface area contributed by atoms with Gasteiger partial charge in [-0.15, -0.1) is 0 Å². The summed E-state index contributed by atoms with van der Waals surface area (Å²) < 4.78 is 0. The molecule has 135 valence electrons. The van der Waals surface area contributed by atoms with Crippen LogP contribution in [0.3, 0.4) is 0 Å². The number of nitrogens with zero attached hydrogens (tertiary/aromatic N) is 2. The first-order chi connectivity index (χ1) is 13.8. The number of rotatable bonds is 4. The van der Waals surface area contributed by atoms with E-state index in [0.717, 1.165) is 39.8 Å². The molecule has 0 saturated heterocycles. The summed E-state index contributed by atoms with van der Waals surface area (Å²) in [6, 6.07) is 20.2. The predicted octanol–water partition coefficient (Wildman–Crippen LogP) is 5.66. The van der Waals surface area contributed by atoms with Gasteiger partial charge in [-0.3, -0.25) is 5.10 Å². The van der Waals surface area contributed by atoms with E-state index in [1.54, 1.807) is 0 Å². The van der Waals surface area contributed by atoms with Crippen LogP contribution in [0.4, 0.5) is 0 Å². The van der Waals surface area contributed by atoms with Gasteiger partial charge in [0.05, 0.1) is 18.1 Å². The Morgan fingerprint density at radius 3 is 2.75 bits per heavy atom. The summed E-state index contributed by atoms with van der Waals surface area (Å²) in [4.78, 5) is 7.67. The number of hydrogen-bond donors (Lipinski definition) is 2. The zero-order chi connectivity index (χ0) is 18.9. The fourth-order valence-electron chi connectivity index (χ4n) is 3.59. The molecule has 0 aliphatic carbocycles. The molecule has 0 bridgehead atoms. The molecule has 4 nitrogen and oxygen atoms in total. The minimum absolute atomic E-state index is 0.699. The third-order valence-corrected chi connectivity index (χ3v) is 5.11. The summed E-state index contributed by atoms with van der Waals surface area (Å²) in [5.41, 5.74) is 7.22. The zero-order valence-electron chi connectivity index (χ0n) is 14.9. The molecule has 2 N–H and O–H groups in total. The highest BCUT2D eigenvalue weighted by atomic mass is 35.5. The maximum atomic E-state index is 6.20. The Balaban J connectivity index is 1.66. The molecular weight excluding hydrogens is 368 g/mol. The first-order valence-corrected chi connectivity index (χ1v) is 9.38. The molecule has 3 aromatic heterocycles. The number of pyridine rings is 1. The number of aromatic amines is 2. The normalized spacial score (nSPS) is 11.2. The van der Waals surface area contributed by atoms with Crippen molar-refractivity contribution in [2.45, 2.75) is 6.42 Å². The number of aromatic nitrogens is 4. The second-order valence-electron chi connectivity index (χ2n) is 6.67. The molecule has 28 heavy (non-hydrogen) atoms. The standard InChI is InChI=1S/C23H16ClN4/c24-18-8-4-7-16(12-18)19-14-27-28-22(19)20-13-26-23-21(20)17(9-10-25-23)11-15-5-2-1-3-6-15/h1-9,12-14H,11H2,(H,25,26)(H,27,28). The van der Waals surface area contributed by atoms with E-state index in [9.17, 15) is 0 Å². The molecule has 0 saturated carbocycles. The second-order valence-corrected chi connectivity index (χ2v) is 7.10. The van der Waals surface area contributed by atoms with Crippen LogP contribution < -0.4 is 0 Å². The monoisotopic (exact) mass is 383 g/mol. The van der Waals surface area contributed by atoms with Crippen molar-refractivity contribution >= 4 is 22.6 Å². The lowest BCUT2D eigenvalue weighted by Crippen LogP contribution is -1.92. The number of H-pyrrole nitrogens is 2. The van der Waals surface area contributed by atoms with E-state index in [4.69, 9.17) is 11.6 Å². The van der Waals surface area contributed by atoms with Crippen LogP contribution in [0.5, 0.6) is 0 Å². The van der Waals surface area contributed by atoms with Gasteiger partial charge in [-0.25, -0.2) is 4.98 Å². The van der Waals surface area contributed by atoms with Crippen LogP contribution >= 0.6 is 11.6 Å². The van der Waals surface area contributed by atoms with Crippen molar-refractivity contribution < 1.29 is 0 Å². The zero-order valence-corrected chi connectivity index (χ0v) is 15.7. The summed E-state index contributed by atoms with van der Waals surface area (Å²) >= 11 is 6.20. The summed E-state index contributed by atoms with van der Waals surface area (Å²) in [6.45, 7) is 0. The maximum absolute atomic E-state index is 6.20. The van der Waals surface area contributed by atoms with Gasteiger partial charge in [0.2, 0.25) is 0 Å². The molecule has 5 aromatic rings. The van der Waals surface area contributed by atoms with Crippen molar-refractivity contribution in [3.05, 3.63) is 95.4 Å². The number of benzene rings is 2. The Hall–Kier alpha value is -3.37. The highest BCUT2D eigenvalue weighted by Crippen LogP contribution is 2.36. The van der Waals surface area contributed by atoms with E-state index in [1.165, 1.54) is 11.1 Å². The average molecular weight is 384 g/mol. The SMILES string of the molecule is Clc1cccc(-c2cn[nH]c2-c2c[nH]c3n[c]cc(Cc4ccccc4)c23)c1. The van der Waals surface area contributed by atoms with Gasteiger partial charge >= 0.3 is 0 Å². The molecule has 0 aliphatic rings. The fraction of sp³-hybridized carbons (Fsp3) is 0.0435. The van der Waals surface area contributed by atoms with Crippen molar-refractivity contribution in [1.82, 2.24) is 20.2 Å². The van der Waals surface area contributed by atoms with E-state index in [-0.39, 0.29) is 0 Å². The number of halogens is 1. The van der Waals surface area contributed by atoms with Crippen LogP contribution in [-0.4, -0.2) is 20.2 Å². The highest BCUT2D eigenvalue weighted by molar-refractivity contribution is 6.30. The van der Waals surface area contributed by atoms with Gasteiger partial charge in [-0.1, -0.05) is 54.1 Å². The molecule has 0 aliphatic heterocycles. The van der Waals surface area contributed by atoms with E-state index in [2.05, 4.69) is 50.6 Å². The molecular formula is C23H16ClN4. The summed E-state index contributed by atoms with van der Waals surface area (Å²) in [6.07, 6.45) is 7.63. The first-order valence-electron chi connectivity index (χ1n) is 9.00. The average Bonchev–Trinajstić information content (AvgIpc) is 3.36. The van der Waals surface area contributed by atoms with Gasteiger partial charge in [0.15, 0.2) is 0 Å². The summed E-state index contributed by atoms with van der Waals surface area (Å²) in [5, 5.41) is 9.23. The van der Waals surface area contributed by atoms with Crippen LogP contribution in [0.15, 0.2) is 73.1 Å². The second kappa shape index (κ2) is 6.98. The number of nitrogens with one attached hydrogen (secondary N) is 2. The summed E-state index contributed by atoms with van der Waals surface area (Å²) in [7, 11) is 0. The van der Waals surface area contributed by atoms with E-state index in [0.29, 0.717) is 5.02 Å². The van der Waals surface area contributed by atoms with Crippen molar-refractivity contribution in [3.8, 4) is 22.4 Å². The van der Waals surface area contributed by atoms with Crippen LogP contribution in [0.25, 0.3) is 33.4 Å². The van der Waals surface area contributed by atoms with Crippen LogP contribution in [0, 0.1) is 6.20 Å². The van der Waals surface area contributed by atoms with Crippen LogP contribution in [0.2, 0.25) is 5.02 Å². The third kappa shape index (κ3) is 2.98. The molecule has 0 unspecified atom stereocenters. The van der Waals surface area contributed by atoms with Crippen molar-refractivity contribution in [2.24, 2.45) is 0 Å². The van der Waals surface area contributed by atoms with Crippen LogP contribution in [-0.2, 0) is 6.42 Å². The topological polar surface area (TPSA) is 57.4 Å². The van der Waals surface area contributed by atoms with Gasteiger partial charge in [0.1, 0.15) is 5.65 Å². The van der Waals surface area contributed by atoms with Crippen LogP contribution in [0.1, 0.15) is 11.1 Å². The Morgan fingerprint density at radius 2 is 1.89 bits per heavy atom. The molecule has 5 rings (SSSR count). The lowest BCUT2D eigenvalue weighted by molar-refractivity contribution is 1.10. The van der Waals surface area contributed by atoms with Gasteiger partial charge < -0.3 is 4.98 Å². The number of fused-ring (bicyclic) bond motifs is 1. The minimum Gasteiger partial charge on any atom is -0.345 e. The highest BCUT2D eigenvalue weighted by Gasteiger charge is 2.17. The molecule has 0 atom stereocenters. The Kier molecular flexibility index (Phi) is 4.18. The Morgan fingerprint density at radius 1 is 1.00 bits per heavy atom. The molecule has 5 heteroatoms. The van der Waals surface area contributed by atoms with Gasteiger partial charge in [0.25, 0.3) is 0 Å². The lowest BCUT2D eigenvalue weighted by atomic mass is 9.97. The smallest absolute Gasteiger partial charge is 0.139 e. The van der Waals surface area contributed by atoms with Gasteiger partial charge in [0, 0.05) is 27.7 Å². The molecule has 0 spiro atoms. The molecule has 0 fully saturated rings. The first kappa shape index (κ1) is 16.8.